The molecule has 1 aliphatic heterocycles. The third kappa shape index (κ3) is 4.03. The van der Waals surface area contributed by atoms with Crippen LogP contribution in [0.15, 0.2) is 22.7 Å². The number of rotatable bonds is 8. The Labute approximate surface area is 155 Å². The molecule has 142 valence electrons. The Bertz CT molecular complexity index is 876. The highest BCUT2D eigenvalue weighted by atomic mass is 16.5. The molecule has 1 aromatic carbocycles. The second-order valence-corrected chi connectivity index (χ2v) is 6.11. The zero-order valence-electron chi connectivity index (χ0n) is 15.2. The van der Waals surface area contributed by atoms with E-state index in [0.29, 0.717) is 48.8 Å². The van der Waals surface area contributed by atoms with Crippen molar-refractivity contribution >= 4 is 17.7 Å². The molecule has 3 amide bonds. The first kappa shape index (κ1) is 18.7. The molecule has 27 heavy (non-hydrogen) atoms. The van der Waals surface area contributed by atoms with E-state index in [2.05, 4.69) is 15.5 Å². The number of hydrogen-bond donors (Lipinski definition) is 1. The minimum atomic E-state index is -0.387. The second kappa shape index (κ2) is 8.09. The molecule has 0 saturated carbocycles. The Morgan fingerprint density at radius 2 is 2.04 bits per heavy atom. The first-order chi connectivity index (χ1) is 13.0. The zero-order valence-corrected chi connectivity index (χ0v) is 15.2. The molecule has 1 aromatic heterocycles. The highest BCUT2D eigenvalue weighted by molar-refractivity contribution is 6.22. The van der Waals surface area contributed by atoms with E-state index in [4.69, 9.17) is 9.26 Å². The predicted molar refractivity (Wildman–Crippen MR) is 93.4 cm³/mol. The summed E-state index contributed by atoms with van der Waals surface area (Å²) in [7, 11) is 1.56. The highest BCUT2D eigenvalue weighted by Gasteiger charge is 2.35. The molecule has 0 unspecified atom stereocenters. The van der Waals surface area contributed by atoms with E-state index in [1.54, 1.807) is 14.0 Å². The molecule has 0 radical (unpaired) electrons. The summed E-state index contributed by atoms with van der Waals surface area (Å²) >= 11 is 0. The van der Waals surface area contributed by atoms with Gasteiger partial charge in [-0.05, 0) is 31.5 Å². The number of nitrogens with zero attached hydrogens (tertiary/aromatic N) is 3. The number of hydrogen-bond acceptors (Lipinski definition) is 7. The number of aromatic nitrogens is 2. The summed E-state index contributed by atoms with van der Waals surface area (Å²) in [4.78, 5) is 42.4. The van der Waals surface area contributed by atoms with E-state index in [-0.39, 0.29) is 29.8 Å². The molecule has 2 aromatic rings. The molecule has 0 spiro atoms. The van der Waals surface area contributed by atoms with Crippen molar-refractivity contribution in [3.05, 3.63) is 46.6 Å². The van der Waals surface area contributed by atoms with E-state index < -0.39 is 0 Å². The summed E-state index contributed by atoms with van der Waals surface area (Å²) in [6.07, 6.45) is 0.965. The van der Waals surface area contributed by atoms with Crippen LogP contribution in [0, 0.1) is 6.92 Å². The van der Waals surface area contributed by atoms with Gasteiger partial charge in [0.2, 0.25) is 5.89 Å². The van der Waals surface area contributed by atoms with Crippen molar-refractivity contribution in [2.24, 2.45) is 0 Å². The number of carbonyl (C=O) groups is 3. The van der Waals surface area contributed by atoms with Crippen LogP contribution in [0.3, 0.4) is 0 Å². The summed E-state index contributed by atoms with van der Waals surface area (Å²) in [5.74, 6) is -0.0959. The number of fused-ring (bicyclic) bond motifs is 1. The minimum absolute atomic E-state index is 0.248. The molecule has 2 heterocycles. The highest BCUT2D eigenvalue weighted by Crippen LogP contribution is 2.24. The smallest absolute Gasteiger partial charge is 0.261 e. The van der Waals surface area contributed by atoms with Crippen molar-refractivity contribution in [2.45, 2.75) is 19.8 Å². The molecule has 3 rings (SSSR count). The van der Waals surface area contributed by atoms with E-state index in [1.165, 1.54) is 23.1 Å². The molecule has 0 fully saturated rings. The van der Waals surface area contributed by atoms with Crippen LogP contribution in [0.2, 0.25) is 0 Å². The van der Waals surface area contributed by atoms with E-state index in [9.17, 15) is 14.4 Å². The largest absolute Gasteiger partial charge is 0.385 e. The molecule has 0 aliphatic carbocycles. The normalized spacial score (nSPS) is 13.2. The molecule has 0 saturated heterocycles. The zero-order chi connectivity index (χ0) is 19.4. The molecular formula is C18H20N4O5. The van der Waals surface area contributed by atoms with Crippen LogP contribution in [-0.2, 0) is 11.2 Å². The van der Waals surface area contributed by atoms with Crippen molar-refractivity contribution in [1.29, 1.82) is 0 Å². The van der Waals surface area contributed by atoms with E-state index in [1.807, 2.05) is 0 Å². The lowest BCUT2D eigenvalue weighted by molar-refractivity contribution is 0.0638. The fraction of sp³-hybridized carbons (Fsp3) is 0.389. The van der Waals surface area contributed by atoms with Crippen molar-refractivity contribution in [1.82, 2.24) is 20.4 Å². The molecule has 1 aliphatic rings. The van der Waals surface area contributed by atoms with E-state index in [0.717, 1.165) is 0 Å². The van der Waals surface area contributed by atoms with Gasteiger partial charge in [-0.15, -0.1) is 0 Å². The second-order valence-electron chi connectivity index (χ2n) is 6.11. The maximum absolute atomic E-state index is 12.5. The Kier molecular flexibility index (Phi) is 5.60. The predicted octanol–water partition coefficient (Wildman–Crippen LogP) is 0.983. The van der Waals surface area contributed by atoms with Gasteiger partial charge in [0.15, 0.2) is 5.82 Å². The van der Waals surface area contributed by atoms with Gasteiger partial charge in [-0.2, -0.15) is 4.98 Å². The lowest BCUT2D eigenvalue weighted by Gasteiger charge is -2.12. The molecule has 9 nitrogen and oxygen atoms in total. The van der Waals surface area contributed by atoms with Crippen molar-refractivity contribution in [3.63, 3.8) is 0 Å². The molecular weight excluding hydrogens is 352 g/mol. The van der Waals surface area contributed by atoms with E-state index >= 15 is 0 Å². The summed E-state index contributed by atoms with van der Waals surface area (Å²) < 4.78 is 9.93. The van der Waals surface area contributed by atoms with Crippen molar-refractivity contribution < 1.29 is 23.6 Å². The van der Waals surface area contributed by atoms with Gasteiger partial charge in [-0.1, -0.05) is 5.16 Å². The quantitative estimate of drug-likeness (QED) is 0.543. The Morgan fingerprint density at radius 3 is 2.74 bits per heavy atom. The van der Waals surface area contributed by atoms with Crippen LogP contribution in [0.25, 0.3) is 0 Å². The minimum Gasteiger partial charge on any atom is -0.385 e. The van der Waals surface area contributed by atoms with Gasteiger partial charge in [-0.3, -0.25) is 19.3 Å². The van der Waals surface area contributed by atoms with Crippen LogP contribution in [-0.4, -0.2) is 59.6 Å². The van der Waals surface area contributed by atoms with Crippen LogP contribution in [0.5, 0.6) is 0 Å². The fourth-order valence-electron chi connectivity index (χ4n) is 2.83. The average molecular weight is 372 g/mol. The first-order valence-electron chi connectivity index (χ1n) is 8.58. The Hall–Kier alpha value is -3.07. The summed E-state index contributed by atoms with van der Waals surface area (Å²) in [6.45, 7) is 2.77. The number of carbonyl (C=O) groups excluding carboxylic acids is 3. The van der Waals surface area contributed by atoms with Crippen molar-refractivity contribution in [2.75, 3.05) is 26.8 Å². The summed E-state index contributed by atoms with van der Waals surface area (Å²) in [6, 6.07) is 4.51. The molecule has 1 N–H and O–H groups in total. The third-order valence-corrected chi connectivity index (χ3v) is 4.16. The number of imide groups is 1. The molecule has 9 heteroatoms. The van der Waals surface area contributed by atoms with Crippen LogP contribution in [0.1, 0.15) is 49.2 Å². The standard InChI is InChI=1S/C18H20N4O5/c1-11-20-15(27-21-11)6-7-19-16(23)12-4-5-13-14(10-12)18(25)22(17(13)24)8-3-9-26-2/h4-5,10H,3,6-9H2,1-2H3,(H,19,23). The SMILES string of the molecule is COCCCN1C(=O)c2ccc(C(=O)NCCc3nc(C)no3)cc2C1=O. The van der Waals surface area contributed by atoms with Gasteiger partial charge in [0.05, 0.1) is 11.1 Å². The van der Waals surface area contributed by atoms with Gasteiger partial charge >= 0.3 is 0 Å². The Balaban J connectivity index is 1.63. The number of nitrogens with one attached hydrogen (secondary N) is 1. The topological polar surface area (TPSA) is 115 Å². The van der Waals surface area contributed by atoms with Gasteiger partial charge in [0.25, 0.3) is 17.7 Å². The van der Waals surface area contributed by atoms with Crippen LogP contribution in [0.4, 0.5) is 0 Å². The monoisotopic (exact) mass is 372 g/mol. The molecule has 0 bridgehead atoms. The van der Waals surface area contributed by atoms with Gasteiger partial charge < -0.3 is 14.6 Å². The van der Waals surface area contributed by atoms with Crippen molar-refractivity contribution in [3.8, 4) is 0 Å². The Morgan fingerprint density at radius 1 is 1.26 bits per heavy atom. The summed E-state index contributed by atoms with van der Waals surface area (Å²) in [5, 5.41) is 6.41. The maximum Gasteiger partial charge on any atom is 0.261 e. The third-order valence-electron chi connectivity index (χ3n) is 4.16. The number of benzene rings is 1. The number of ether oxygens (including phenoxy) is 1. The molecule has 0 atom stereocenters. The summed E-state index contributed by atoms with van der Waals surface area (Å²) in [5.41, 5.74) is 0.878. The van der Waals surface area contributed by atoms with Crippen LogP contribution < -0.4 is 5.32 Å². The average Bonchev–Trinajstić information content (AvgIpc) is 3.18. The van der Waals surface area contributed by atoms with Crippen LogP contribution >= 0.6 is 0 Å². The first-order valence-corrected chi connectivity index (χ1v) is 8.58. The maximum atomic E-state index is 12.5. The number of aryl methyl sites for hydroxylation is 1. The number of methoxy groups -OCH3 is 1. The van der Waals surface area contributed by atoms with Gasteiger partial charge in [-0.25, -0.2) is 0 Å². The lowest BCUT2D eigenvalue weighted by atomic mass is 10.1. The fourth-order valence-corrected chi connectivity index (χ4v) is 2.83. The van der Waals surface area contributed by atoms with Gasteiger partial charge in [0, 0.05) is 38.8 Å². The van der Waals surface area contributed by atoms with Gasteiger partial charge in [0.1, 0.15) is 0 Å². The lowest BCUT2D eigenvalue weighted by Crippen LogP contribution is -2.31. The number of amides is 3.